The van der Waals surface area contributed by atoms with Gasteiger partial charge in [-0.05, 0) is 83.9 Å². The number of carbonyl (C=O) groups excluding carboxylic acids is 5. The Bertz CT molecular complexity index is 1760. The van der Waals surface area contributed by atoms with Gasteiger partial charge in [0, 0.05) is 24.1 Å². The number of amides is 5. The summed E-state index contributed by atoms with van der Waals surface area (Å²) in [5.74, 6) is -4.31. The highest BCUT2D eigenvalue weighted by Crippen LogP contribution is 2.46. The van der Waals surface area contributed by atoms with Gasteiger partial charge in [-0.15, -0.1) is 0 Å². The number of hydrogen-bond acceptors (Lipinski definition) is 9. The number of alkyl halides is 3. The molecule has 0 bridgehead atoms. The Hall–Kier alpha value is -4.35. The molecule has 2 aliphatic carbocycles. The number of hydrogen-bond donors (Lipinski definition) is 4. The molecule has 18 heteroatoms. The molecule has 53 heavy (non-hydrogen) atoms. The molecular weight excluding hydrogens is 723 g/mol. The molecule has 5 amide bonds. The maximum Gasteiger partial charge on any atom is 0.419 e. The second-order valence-electron chi connectivity index (χ2n) is 15.0. The van der Waals surface area contributed by atoms with Crippen LogP contribution in [0.15, 0.2) is 30.4 Å². The van der Waals surface area contributed by atoms with Crippen molar-refractivity contribution in [3.63, 3.8) is 0 Å². The number of halogens is 3. The normalized spacial score (nSPS) is 27.5. The van der Waals surface area contributed by atoms with Gasteiger partial charge in [-0.25, -0.2) is 13.2 Å². The van der Waals surface area contributed by atoms with E-state index in [1.807, 2.05) is 6.08 Å². The third-order valence-corrected chi connectivity index (χ3v) is 11.5. The molecule has 5 rings (SSSR count). The van der Waals surface area contributed by atoms with Gasteiger partial charge >= 0.3 is 12.3 Å². The summed E-state index contributed by atoms with van der Waals surface area (Å²) in [7, 11) is -2.91. The van der Waals surface area contributed by atoms with Crippen molar-refractivity contribution in [1.29, 1.82) is 0 Å². The van der Waals surface area contributed by atoms with Crippen molar-refractivity contribution in [2.24, 2.45) is 5.92 Å². The van der Waals surface area contributed by atoms with Crippen molar-refractivity contribution < 1.29 is 55.0 Å². The lowest BCUT2D eigenvalue weighted by atomic mass is 10.0. The molecule has 1 aromatic rings. The number of rotatable bonds is 7. The molecule has 0 unspecified atom stereocenters. The number of allylic oxidation sites excluding steroid dienone is 1. The first-order chi connectivity index (χ1) is 24.7. The smallest absolute Gasteiger partial charge is 0.419 e. The topological polar surface area (TPSA) is 189 Å². The van der Waals surface area contributed by atoms with Crippen LogP contribution in [0.3, 0.4) is 0 Å². The molecule has 0 aromatic heterocycles. The van der Waals surface area contributed by atoms with E-state index in [0.29, 0.717) is 44.6 Å². The number of benzene rings is 1. The molecule has 0 radical (unpaired) electrons. The molecule has 1 aromatic carbocycles. The number of nitrogens with zero attached hydrogens (tertiary/aromatic N) is 1. The highest BCUT2D eigenvalue weighted by molar-refractivity contribution is 7.91. The Morgan fingerprint density at radius 3 is 2.38 bits per heavy atom. The zero-order valence-electron chi connectivity index (χ0n) is 30.0. The summed E-state index contributed by atoms with van der Waals surface area (Å²) in [6.45, 7) is 4.69. The summed E-state index contributed by atoms with van der Waals surface area (Å²) in [5, 5.41) is 7.24. The van der Waals surface area contributed by atoms with Crippen LogP contribution in [0, 0.1) is 5.92 Å². The van der Waals surface area contributed by atoms with E-state index < -0.39 is 97.7 Å². The van der Waals surface area contributed by atoms with Gasteiger partial charge in [0.15, 0.2) is 0 Å². The van der Waals surface area contributed by atoms with Gasteiger partial charge in [0.1, 0.15) is 29.0 Å². The van der Waals surface area contributed by atoms with Gasteiger partial charge in [0.25, 0.3) is 11.8 Å². The highest BCUT2D eigenvalue weighted by Gasteiger charge is 2.62. The van der Waals surface area contributed by atoms with Crippen molar-refractivity contribution in [3.8, 4) is 5.75 Å². The first-order valence-electron chi connectivity index (χ1n) is 17.6. The molecular formula is C35H46F3N5O9S. The Labute approximate surface area is 306 Å². The summed E-state index contributed by atoms with van der Waals surface area (Å²) in [4.78, 5) is 69.3. The number of sulfonamides is 1. The lowest BCUT2D eigenvalue weighted by Crippen LogP contribution is -2.58. The molecule has 2 saturated carbocycles. The number of fused-ring (bicyclic) bond motifs is 2. The van der Waals surface area contributed by atoms with Gasteiger partial charge in [-0.3, -0.25) is 23.9 Å². The van der Waals surface area contributed by atoms with Crippen molar-refractivity contribution in [2.75, 3.05) is 13.7 Å². The van der Waals surface area contributed by atoms with Crippen molar-refractivity contribution >= 4 is 39.7 Å². The molecule has 2 heterocycles. The highest BCUT2D eigenvalue weighted by atomic mass is 32.2. The van der Waals surface area contributed by atoms with Crippen LogP contribution in [-0.2, 0) is 35.3 Å². The molecule has 292 valence electrons. The van der Waals surface area contributed by atoms with E-state index in [2.05, 4.69) is 20.7 Å². The predicted octanol–water partition coefficient (Wildman–Crippen LogP) is 3.31. The van der Waals surface area contributed by atoms with E-state index in [4.69, 9.17) is 9.47 Å². The first kappa shape index (κ1) is 39.8. The average Bonchev–Trinajstić information content (AvgIpc) is 3.98. The lowest BCUT2D eigenvalue weighted by Gasteiger charge is -2.30. The molecule has 4 aliphatic rings. The maximum absolute atomic E-state index is 14.3. The van der Waals surface area contributed by atoms with E-state index in [-0.39, 0.29) is 31.4 Å². The maximum atomic E-state index is 14.3. The third kappa shape index (κ3) is 9.61. The molecule has 3 fully saturated rings. The minimum Gasteiger partial charge on any atom is -0.496 e. The van der Waals surface area contributed by atoms with Crippen LogP contribution in [0.25, 0.3) is 0 Å². The van der Waals surface area contributed by atoms with Crippen LogP contribution in [0.5, 0.6) is 5.75 Å². The first-order valence-corrected chi connectivity index (χ1v) is 19.2. The molecule has 1 saturated heterocycles. The summed E-state index contributed by atoms with van der Waals surface area (Å²) < 4.78 is 78.9. The van der Waals surface area contributed by atoms with E-state index in [1.165, 1.54) is 0 Å². The van der Waals surface area contributed by atoms with E-state index in [9.17, 15) is 45.6 Å². The minimum atomic E-state index is -4.83. The number of ether oxygens (including phenoxy) is 2. The average molecular weight is 770 g/mol. The molecule has 0 spiro atoms. The summed E-state index contributed by atoms with van der Waals surface area (Å²) >= 11 is 0. The Kier molecular flexibility index (Phi) is 11.4. The standard InChI is InChI=1S/C35H46F3N5O9S/c1-33(2,3)52-32(48)40-25-11-9-7-5-6-8-10-21-18-34(21,31(47)42-53(49,50)23-13-14-23)41-29(45)26-17-22(19-43(26)30(25)46)39-28(44)20-12-15-27(51-4)24(16-20)35(36,37)38/h8,10,12,15-16,21-23,25-26H,5-7,9,11,13-14,17-19H2,1-4H3,(H,39,44)(H,40,48)(H,41,45)(H,42,47)/b10-8-/t21-,22+,25-,26-,34+/m0/s1. The quantitative estimate of drug-likeness (QED) is 0.302. The van der Waals surface area contributed by atoms with Gasteiger partial charge in [0.05, 0.1) is 17.9 Å². The molecule has 2 aliphatic heterocycles. The second kappa shape index (κ2) is 15.2. The van der Waals surface area contributed by atoms with Gasteiger partial charge in [-0.2, -0.15) is 13.2 Å². The SMILES string of the molecule is COc1ccc(C(=O)N[C@@H]2C[C@H]3C(=O)N[C@]4(C(=O)NS(=O)(=O)C5CC5)C[C@@H]4/C=C\CCCCC[C@H](NC(=O)OC(C)(C)C)C(=O)N3C2)cc1C(F)(F)F. The summed E-state index contributed by atoms with van der Waals surface area (Å²) in [6.07, 6.45) is 1.34. The van der Waals surface area contributed by atoms with Crippen molar-refractivity contribution in [3.05, 3.63) is 41.5 Å². The van der Waals surface area contributed by atoms with Crippen molar-refractivity contribution in [1.82, 2.24) is 25.6 Å². The summed E-state index contributed by atoms with van der Waals surface area (Å²) in [5.41, 5.74) is -4.03. The zero-order chi connectivity index (χ0) is 38.9. The number of alkyl carbamates (subject to hydrolysis) is 1. The van der Waals surface area contributed by atoms with Gasteiger partial charge in [0.2, 0.25) is 21.8 Å². The van der Waals surface area contributed by atoms with Crippen molar-refractivity contribution in [2.45, 2.75) is 119 Å². The van der Waals surface area contributed by atoms with Crippen LogP contribution in [0.2, 0.25) is 0 Å². The fraction of sp³-hybridized carbons (Fsp3) is 0.629. The number of nitrogens with one attached hydrogen (secondary N) is 4. The van der Waals surface area contributed by atoms with Crippen LogP contribution in [0.4, 0.5) is 18.0 Å². The Morgan fingerprint density at radius 2 is 1.74 bits per heavy atom. The summed E-state index contributed by atoms with van der Waals surface area (Å²) in [6, 6.07) is -0.628. The molecule has 14 nitrogen and oxygen atoms in total. The minimum absolute atomic E-state index is 0.101. The van der Waals surface area contributed by atoms with Crippen LogP contribution >= 0.6 is 0 Å². The molecule has 4 N–H and O–H groups in total. The second-order valence-corrected chi connectivity index (χ2v) is 17.0. The fourth-order valence-corrected chi connectivity index (χ4v) is 8.06. The largest absolute Gasteiger partial charge is 0.496 e. The van der Waals surface area contributed by atoms with E-state index in [1.54, 1.807) is 26.8 Å². The van der Waals surface area contributed by atoms with Gasteiger partial charge in [-0.1, -0.05) is 25.0 Å². The zero-order valence-corrected chi connectivity index (χ0v) is 30.8. The third-order valence-electron chi connectivity index (χ3n) is 9.67. The van der Waals surface area contributed by atoms with E-state index >= 15 is 0 Å². The monoisotopic (exact) mass is 769 g/mol. The van der Waals surface area contributed by atoms with Gasteiger partial charge < -0.3 is 30.3 Å². The van der Waals surface area contributed by atoms with Crippen LogP contribution < -0.4 is 25.4 Å². The fourth-order valence-electron chi connectivity index (χ4n) is 6.69. The molecule has 5 atom stereocenters. The lowest BCUT2D eigenvalue weighted by molar-refractivity contribution is -0.141. The Morgan fingerprint density at radius 1 is 1.02 bits per heavy atom. The van der Waals surface area contributed by atoms with E-state index in [0.717, 1.165) is 24.1 Å². The van der Waals surface area contributed by atoms with Crippen LogP contribution in [-0.4, -0.2) is 91.2 Å². The predicted molar refractivity (Wildman–Crippen MR) is 184 cm³/mol. The number of carbonyl (C=O) groups is 5. The van der Waals surface area contributed by atoms with Crippen LogP contribution in [0.1, 0.15) is 94.5 Å². The number of methoxy groups -OCH3 is 1. The Balaban J connectivity index is 1.44.